The Morgan fingerprint density at radius 3 is 2.53 bits per heavy atom. The fourth-order valence-corrected chi connectivity index (χ4v) is 1.07. The number of nitrogens with zero attached hydrogens (tertiary/aromatic N) is 2. The average molecular weight is 233 g/mol. The van der Waals surface area contributed by atoms with Crippen LogP contribution in [0.3, 0.4) is 0 Å². The molecule has 15 heavy (non-hydrogen) atoms. The van der Waals surface area contributed by atoms with E-state index in [0.29, 0.717) is 6.07 Å². The minimum Gasteiger partial charge on any atom is -0.369 e. The van der Waals surface area contributed by atoms with Crippen LogP contribution in [0.25, 0.3) is 0 Å². The van der Waals surface area contributed by atoms with E-state index in [1.807, 2.05) is 0 Å². The molecule has 0 aliphatic rings. The lowest BCUT2D eigenvalue weighted by Gasteiger charge is -1.99. The third-order valence-corrected chi connectivity index (χ3v) is 1.72. The molecule has 1 aromatic carbocycles. The van der Waals surface area contributed by atoms with Crippen molar-refractivity contribution < 1.29 is 8.78 Å². The van der Waals surface area contributed by atoms with Gasteiger partial charge in [0.1, 0.15) is 11.6 Å². The smallest absolute Gasteiger partial charge is 0.211 e. The first-order valence-corrected chi connectivity index (χ1v) is 4.15. The normalized spacial score (nSPS) is 10.6. The van der Waals surface area contributed by atoms with E-state index in [0.717, 1.165) is 12.3 Å². The van der Waals surface area contributed by atoms with Crippen LogP contribution in [0.15, 0.2) is 22.3 Å². The molecule has 1 aromatic rings. The van der Waals surface area contributed by atoms with Crippen LogP contribution in [0.5, 0.6) is 0 Å². The fourth-order valence-electron chi connectivity index (χ4n) is 0.830. The maximum absolute atomic E-state index is 13.1. The Morgan fingerprint density at radius 1 is 1.33 bits per heavy atom. The number of rotatable bonds is 2. The minimum atomic E-state index is -0.838. The molecule has 4 nitrogen and oxygen atoms in total. The summed E-state index contributed by atoms with van der Waals surface area (Å²) in [5.41, 5.74) is 9.89. The van der Waals surface area contributed by atoms with Crippen molar-refractivity contribution in [1.82, 2.24) is 0 Å². The summed E-state index contributed by atoms with van der Waals surface area (Å²) in [5.74, 6) is -1.88. The monoisotopic (exact) mass is 232 g/mol. The predicted molar refractivity (Wildman–Crippen MR) is 54.8 cm³/mol. The van der Waals surface area contributed by atoms with Gasteiger partial charge in [-0.15, -0.1) is 5.10 Å². The first-order valence-electron chi connectivity index (χ1n) is 3.77. The van der Waals surface area contributed by atoms with Crippen molar-refractivity contribution in [3.8, 4) is 0 Å². The topological polar surface area (TPSA) is 76.8 Å². The molecule has 0 saturated carbocycles. The van der Waals surface area contributed by atoms with Crippen LogP contribution in [0.4, 0.5) is 8.78 Å². The summed E-state index contributed by atoms with van der Waals surface area (Å²) in [7, 11) is 0. The first-order chi connectivity index (χ1) is 7.00. The van der Waals surface area contributed by atoms with E-state index in [-0.39, 0.29) is 16.5 Å². The van der Waals surface area contributed by atoms with Crippen molar-refractivity contribution >= 4 is 23.8 Å². The molecule has 0 aromatic heterocycles. The zero-order chi connectivity index (χ0) is 11.4. The molecule has 0 bridgehead atoms. The van der Waals surface area contributed by atoms with Gasteiger partial charge in [-0.1, -0.05) is 11.6 Å². The van der Waals surface area contributed by atoms with Gasteiger partial charge < -0.3 is 11.5 Å². The molecule has 0 saturated heterocycles. The maximum atomic E-state index is 13.1. The van der Waals surface area contributed by atoms with Gasteiger partial charge in [-0.2, -0.15) is 5.10 Å². The first kappa shape index (κ1) is 11.4. The molecule has 0 heterocycles. The number of nitrogens with two attached hydrogens (primary N) is 2. The highest BCUT2D eigenvalue weighted by Crippen LogP contribution is 2.19. The van der Waals surface area contributed by atoms with Gasteiger partial charge in [0.2, 0.25) is 5.96 Å². The second-order valence-corrected chi connectivity index (χ2v) is 2.96. The Morgan fingerprint density at radius 2 is 2.00 bits per heavy atom. The number of hydrogen-bond donors (Lipinski definition) is 2. The average Bonchev–Trinajstić information content (AvgIpc) is 2.08. The Hall–Kier alpha value is -1.69. The number of benzene rings is 1. The van der Waals surface area contributed by atoms with Crippen LogP contribution in [0, 0.1) is 11.6 Å². The van der Waals surface area contributed by atoms with Crippen LogP contribution in [-0.4, -0.2) is 12.2 Å². The summed E-state index contributed by atoms with van der Waals surface area (Å²) < 4.78 is 25.7. The third kappa shape index (κ3) is 3.17. The lowest BCUT2D eigenvalue weighted by molar-refractivity contribution is 0.582. The van der Waals surface area contributed by atoms with E-state index in [2.05, 4.69) is 10.2 Å². The third-order valence-electron chi connectivity index (χ3n) is 1.40. The molecule has 0 atom stereocenters. The van der Waals surface area contributed by atoms with E-state index >= 15 is 0 Å². The second kappa shape index (κ2) is 4.70. The molecular formula is C8H7ClF2N4. The maximum Gasteiger partial charge on any atom is 0.211 e. The molecule has 7 heteroatoms. The molecule has 0 radical (unpaired) electrons. The van der Waals surface area contributed by atoms with Crippen molar-refractivity contribution in [2.24, 2.45) is 21.7 Å². The zero-order valence-electron chi connectivity index (χ0n) is 7.42. The van der Waals surface area contributed by atoms with E-state index in [4.69, 9.17) is 23.1 Å². The standard InChI is InChI=1S/C8H7ClF2N4/c9-6-1-4(10)2-7(11)5(6)3-14-15-8(12)13/h1-3H,(H4,12,13,15). The van der Waals surface area contributed by atoms with Gasteiger partial charge in [0.25, 0.3) is 0 Å². The minimum absolute atomic E-state index is 0.0805. The van der Waals surface area contributed by atoms with E-state index < -0.39 is 11.6 Å². The van der Waals surface area contributed by atoms with Crippen molar-refractivity contribution in [2.75, 3.05) is 0 Å². The summed E-state index contributed by atoms with van der Waals surface area (Å²) in [6, 6.07) is 1.64. The summed E-state index contributed by atoms with van der Waals surface area (Å²) in [6.45, 7) is 0. The SMILES string of the molecule is NC(N)=NN=Cc1c(F)cc(F)cc1Cl. The Labute approximate surface area is 89.2 Å². The summed E-state index contributed by atoms with van der Waals surface area (Å²) in [5, 5.41) is 6.50. The highest BCUT2D eigenvalue weighted by atomic mass is 35.5. The largest absolute Gasteiger partial charge is 0.369 e. The summed E-state index contributed by atoms with van der Waals surface area (Å²) >= 11 is 5.57. The molecule has 0 aliphatic heterocycles. The van der Waals surface area contributed by atoms with Gasteiger partial charge in [0.05, 0.1) is 11.2 Å². The highest BCUT2D eigenvalue weighted by molar-refractivity contribution is 6.33. The van der Waals surface area contributed by atoms with Gasteiger partial charge in [-0.05, 0) is 6.07 Å². The Kier molecular flexibility index (Phi) is 3.56. The number of guanidine groups is 1. The molecule has 0 spiro atoms. The van der Waals surface area contributed by atoms with Crippen molar-refractivity contribution in [3.05, 3.63) is 34.4 Å². The van der Waals surface area contributed by atoms with Crippen LogP contribution in [0.2, 0.25) is 5.02 Å². The fraction of sp³-hybridized carbons (Fsp3) is 0. The molecular weight excluding hydrogens is 226 g/mol. The zero-order valence-corrected chi connectivity index (χ0v) is 8.17. The van der Waals surface area contributed by atoms with Crippen LogP contribution in [0.1, 0.15) is 5.56 Å². The van der Waals surface area contributed by atoms with Crippen LogP contribution in [-0.2, 0) is 0 Å². The number of hydrogen-bond acceptors (Lipinski definition) is 2. The van der Waals surface area contributed by atoms with Gasteiger partial charge in [0.15, 0.2) is 0 Å². The van der Waals surface area contributed by atoms with E-state index in [1.165, 1.54) is 0 Å². The Bertz CT molecular complexity index is 404. The number of halogens is 3. The van der Waals surface area contributed by atoms with E-state index in [1.54, 1.807) is 0 Å². The molecule has 0 amide bonds. The predicted octanol–water partition coefficient (Wildman–Crippen LogP) is 1.23. The lowest BCUT2D eigenvalue weighted by atomic mass is 10.2. The van der Waals surface area contributed by atoms with Crippen LogP contribution >= 0.6 is 11.6 Å². The van der Waals surface area contributed by atoms with Gasteiger partial charge in [0, 0.05) is 11.6 Å². The highest BCUT2D eigenvalue weighted by Gasteiger charge is 2.07. The van der Waals surface area contributed by atoms with Gasteiger partial charge >= 0.3 is 0 Å². The summed E-state index contributed by atoms with van der Waals surface area (Å²) in [4.78, 5) is 0. The molecule has 4 N–H and O–H groups in total. The van der Waals surface area contributed by atoms with E-state index in [9.17, 15) is 8.78 Å². The van der Waals surface area contributed by atoms with Gasteiger partial charge in [-0.25, -0.2) is 8.78 Å². The molecule has 0 fully saturated rings. The summed E-state index contributed by atoms with van der Waals surface area (Å²) in [6.07, 6.45) is 0.997. The molecule has 0 aliphatic carbocycles. The van der Waals surface area contributed by atoms with Crippen LogP contribution < -0.4 is 11.5 Å². The van der Waals surface area contributed by atoms with Crippen molar-refractivity contribution in [1.29, 1.82) is 0 Å². The Balaban J connectivity index is 3.05. The quantitative estimate of drug-likeness (QED) is 0.457. The lowest BCUT2D eigenvalue weighted by Crippen LogP contribution is -2.21. The van der Waals surface area contributed by atoms with Crippen molar-refractivity contribution in [3.63, 3.8) is 0 Å². The second-order valence-electron chi connectivity index (χ2n) is 2.55. The molecule has 0 unspecified atom stereocenters. The van der Waals surface area contributed by atoms with Gasteiger partial charge in [-0.3, -0.25) is 0 Å². The molecule has 1 rings (SSSR count). The van der Waals surface area contributed by atoms with Crippen molar-refractivity contribution in [2.45, 2.75) is 0 Å². The molecule has 80 valence electrons.